The van der Waals surface area contributed by atoms with Crippen LogP contribution in [0.3, 0.4) is 0 Å². The summed E-state index contributed by atoms with van der Waals surface area (Å²) in [6.45, 7) is 2.26. The van der Waals surface area contributed by atoms with Gasteiger partial charge in [0.25, 0.3) is 0 Å². The van der Waals surface area contributed by atoms with Crippen LogP contribution in [-0.4, -0.2) is 14.5 Å². The topological polar surface area (TPSA) is 0 Å². The van der Waals surface area contributed by atoms with Gasteiger partial charge >= 0.3 is 75.0 Å². The van der Waals surface area contributed by atoms with Crippen molar-refractivity contribution in [3.05, 3.63) is 21.5 Å². The molecule has 1 heterocycles. The summed E-state index contributed by atoms with van der Waals surface area (Å²) in [7, 11) is 0. The average molecular weight is 215 g/mol. The first kappa shape index (κ1) is 9.09. The molecule has 0 atom stereocenters. The van der Waals surface area contributed by atoms with Crippen molar-refractivity contribution in [3.63, 3.8) is 0 Å². The summed E-state index contributed by atoms with van der Waals surface area (Å²) in [6.07, 6.45) is 6.87. The summed E-state index contributed by atoms with van der Waals surface area (Å²) >= 11 is 0.695. The predicted molar refractivity (Wildman–Crippen MR) is 51.2 cm³/mol. The van der Waals surface area contributed by atoms with Gasteiger partial charge in [-0.05, 0) is 0 Å². The van der Waals surface area contributed by atoms with Crippen LogP contribution in [0.4, 0.5) is 0 Å². The van der Waals surface area contributed by atoms with Crippen LogP contribution in [0.15, 0.2) is 15.9 Å². The maximum absolute atomic E-state index is 2.40. The molecule has 0 nitrogen and oxygen atoms in total. The maximum atomic E-state index is 2.40. The van der Waals surface area contributed by atoms with E-state index in [1.54, 1.807) is 5.56 Å². The Balaban J connectivity index is 2.04. The van der Waals surface area contributed by atoms with Crippen molar-refractivity contribution in [2.75, 3.05) is 0 Å². The monoisotopic (exact) mass is 216 g/mol. The van der Waals surface area contributed by atoms with E-state index in [1.165, 1.54) is 32.1 Å². The zero-order valence-electron chi connectivity index (χ0n) is 7.18. The minimum atomic E-state index is 0.695. The molecule has 0 radical (unpaired) electrons. The average Bonchev–Trinajstić information content (AvgIpc) is 2.50. The van der Waals surface area contributed by atoms with Crippen LogP contribution in [0.1, 0.15) is 38.2 Å². The van der Waals surface area contributed by atoms with Gasteiger partial charge in [-0.2, -0.15) is 0 Å². The third-order valence-electron chi connectivity index (χ3n) is 1.90. The van der Waals surface area contributed by atoms with Gasteiger partial charge in [-0.25, -0.2) is 0 Å². The van der Waals surface area contributed by atoms with Crippen LogP contribution >= 0.6 is 0 Å². The summed E-state index contributed by atoms with van der Waals surface area (Å²) < 4.78 is 0. The molecule has 1 aromatic heterocycles. The number of rotatable bonds is 5. The van der Waals surface area contributed by atoms with Gasteiger partial charge in [0.15, 0.2) is 0 Å². The van der Waals surface area contributed by atoms with Gasteiger partial charge in [-0.3, -0.25) is 0 Å². The Morgan fingerprint density at radius 3 is 2.82 bits per heavy atom. The SMILES string of the molecule is CCCCCCc1cc[se]c1. The minimum absolute atomic E-state index is 0.695. The standard InChI is InChI=1S/C10H16Se/c1-2-3-4-5-6-10-7-8-11-9-10/h7-9H,2-6H2,1H3. The Labute approximate surface area is 75.4 Å². The molecule has 0 unspecified atom stereocenters. The summed E-state index contributed by atoms with van der Waals surface area (Å²) in [5.41, 5.74) is 1.58. The molecule has 11 heavy (non-hydrogen) atoms. The van der Waals surface area contributed by atoms with Crippen molar-refractivity contribution < 1.29 is 0 Å². The molecule has 1 rings (SSSR count). The summed E-state index contributed by atoms with van der Waals surface area (Å²) in [5.74, 6) is 0. The second kappa shape index (κ2) is 5.62. The fourth-order valence-corrected chi connectivity index (χ4v) is 2.67. The molecule has 0 N–H and O–H groups in total. The van der Waals surface area contributed by atoms with Crippen molar-refractivity contribution in [1.82, 2.24) is 0 Å². The van der Waals surface area contributed by atoms with E-state index in [4.69, 9.17) is 0 Å². The Bertz CT molecular complexity index is 165. The van der Waals surface area contributed by atoms with Crippen molar-refractivity contribution in [1.29, 1.82) is 0 Å². The van der Waals surface area contributed by atoms with E-state index >= 15 is 0 Å². The van der Waals surface area contributed by atoms with E-state index in [1.807, 2.05) is 0 Å². The molecule has 0 spiro atoms. The van der Waals surface area contributed by atoms with Crippen LogP contribution in [0, 0.1) is 0 Å². The fraction of sp³-hybridized carbons (Fsp3) is 0.600. The van der Waals surface area contributed by atoms with E-state index < -0.39 is 0 Å². The molecule has 0 fully saturated rings. The second-order valence-electron chi connectivity index (χ2n) is 2.94. The third kappa shape index (κ3) is 3.79. The van der Waals surface area contributed by atoms with Gasteiger partial charge in [0.2, 0.25) is 0 Å². The molecule has 0 aromatic carbocycles. The van der Waals surface area contributed by atoms with Gasteiger partial charge in [-0.15, -0.1) is 0 Å². The Hall–Kier alpha value is -0.000519. The molecular formula is C10H16Se. The first-order valence-corrected chi connectivity index (χ1v) is 6.42. The van der Waals surface area contributed by atoms with Crippen molar-refractivity contribution in [2.45, 2.75) is 39.0 Å². The van der Waals surface area contributed by atoms with Crippen molar-refractivity contribution in [2.24, 2.45) is 0 Å². The van der Waals surface area contributed by atoms with Crippen LogP contribution in [0.2, 0.25) is 0 Å². The van der Waals surface area contributed by atoms with E-state index in [2.05, 4.69) is 22.9 Å². The van der Waals surface area contributed by atoms with E-state index in [-0.39, 0.29) is 0 Å². The number of hydrogen-bond acceptors (Lipinski definition) is 0. The number of hydrogen-bond donors (Lipinski definition) is 0. The Morgan fingerprint density at radius 2 is 2.18 bits per heavy atom. The van der Waals surface area contributed by atoms with Crippen molar-refractivity contribution in [3.8, 4) is 0 Å². The van der Waals surface area contributed by atoms with Crippen LogP contribution in [-0.2, 0) is 6.42 Å². The molecule has 1 aromatic rings. The van der Waals surface area contributed by atoms with Crippen LogP contribution in [0.25, 0.3) is 0 Å². The normalized spacial score (nSPS) is 10.3. The molecule has 0 aliphatic rings. The third-order valence-corrected chi connectivity index (χ3v) is 3.44. The van der Waals surface area contributed by atoms with E-state index in [0.29, 0.717) is 14.5 Å². The molecule has 0 saturated carbocycles. The molecule has 0 bridgehead atoms. The summed E-state index contributed by atoms with van der Waals surface area (Å²) in [4.78, 5) is 4.71. The molecule has 0 aliphatic heterocycles. The molecule has 0 aliphatic carbocycles. The summed E-state index contributed by atoms with van der Waals surface area (Å²) in [5, 5.41) is 0. The molecule has 62 valence electrons. The van der Waals surface area contributed by atoms with Crippen LogP contribution < -0.4 is 0 Å². The first-order chi connectivity index (χ1) is 5.43. The number of unbranched alkanes of at least 4 members (excludes halogenated alkanes) is 3. The van der Waals surface area contributed by atoms with E-state index in [0.717, 1.165) is 0 Å². The molecular weight excluding hydrogens is 199 g/mol. The van der Waals surface area contributed by atoms with Gasteiger partial charge < -0.3 is 0 Å². The van der Waals surface area contributed by atoms with Gasteiger partial charge in [0.1, 0.15) is 0 Å². The number of aryl methyl sites for hydroxylation is 1. The van der Waals surface area contributed by atoms with Crippen LogP contribution in [0.5, 0.6) is 0 Å². The van der Waals surface area contributed by atoms with E-state index in [9.17, 15) is 0 Å². The Morgan fingerprint density at radius 1 is 1.27 bits per heavy atom. The first-order valence-electron chi connectivity index (χ1n) is 4.44. The quantitative estimate of drug-likeness (QED) is 0.523. The fourth-order valence-electron chi connectivity index (χ4n) is 1.19. The predicted octanol–water partition coefficient (Wildman–Crippen LogP) is 2.87. The van der Waals surface area contributed by atoms with Gasteiger partial charge in [0.05, 0.1) is 0 Å². The van der Waals surface area contributed by atoms with Gasteiger partial charge in [-0.1, -0.05) is 0 Å². The zero-order chi connectivity index (χ0) is 7.94. The second-order valence-corrected chi connectivity index (χ2v) is 4.58. The molecule has 0 amide bonds. The zero-order valence-corrected chi connectivity index (χ0v) is 8.89. The van der Waals surface area contributed by atoms with Crippen molar-refractivity contribution >= 4 is 14.5 Å². The molecule has 1 heteroatoms. The molecule has 0 saturated heterocycles. The van der Waals surface area contributed by atoms with Gasteiger partial charge in [0, 0.05) is 0 Å². The Kier molecular flexibility index (Phi) is 4.65. The summed E-state index contributed by atoms with van der Waals surface area (Å²) in [6, 6.07) is 2.30.